The molecule has 0 saturated heterocycles. The molecular formula is C17H20BrNS. The van der Waals surface area contributed by atoms with Crippen LogP contribution in [0.4, 0.5) is 0 Å². The van der Waals surface area contributed by atoms with Crippen molar-refractivity contribution in [1.29, 1.82) is 0 Å². The quantitative estimate of drug-likeness (QED) is 0.753. The zero-order valence-electron chi connectivity index (χ0n) is 11.7. The van der Waals surface area contributed by atoms with E-state index in [0.29, 0.717) is 6.04 Å². The molecule has 0 bridgehead atoms. The van der Waals surface area contributed by atoms with Gasteiger partial charge in [-0.3, -0.25) is 0 Å². The summed E-state index contributed by atoms with van der Waals surface area (Å²) in [7, 11) is 0. The van der Waals surface area contributed by atoms with Crippen molar-refractivity contribution in [3.8, 4) is 0 Å². The minimum atomic E-state index is 0.296. The Labute approximate surface area is 133 Å². The molecule has 1 nitrogen and oxygen atoms in total. The van der Waals surface area contributed by atoms with Gasteiger partial charge in [0.2, 0.25) is 0 Å². The van der Waals surface area contributed by atoms with Crippen LogP contribution < -0.4 is 5.32 Å². The monoisotopic (exact) mass is 349 g/mol. The van der Waals surface area contributed by atoms with Crippen LogP contribution in [0, 0.1) is 0 Å². The molecule has 1 fully saturated rings. The van der Waals surface area contributed by atoms with Crippen molar-refractivity contribution in [1.82, 2.24) is 5.32 Å². The predicted octanol–water partition coefficient (Wildman–Crippen LogP) is 5.48. The number of hydrogen-bond donors (Lipinski definition) is 1. The molecule has 1 saturated carbocycles. The number of halogens is 1. The molecule has 3 heteroatoms. The average Bonchev–Trinajstić information content (AvgIpc) is 2.81. The fraction of sp³-hybridized carbons (Fsp3) is 0.412. The van der Waals surface area contributed by atoms with Crippen molar-refractivity contribution in [2.24, 2.45) is 0 Å². The number of nitrogens with one attached hydrogen (secondary N) is 1. The first-order chi connectivity index (χ1) is 9.79. The number of benzene rings is 1. The van der Waals surface area contributed by atoms with E-state index in [2.05, 4.69) is 63.9 Å². The van der Waals surface area contributed by atoms with Crippen LogP contribution in [-0.4, -0.2) is 6.54 Å². The molecule has 106 valence electrons. The highest BCUT2D eigenvalue weighted by Crippen LogP contribution is 2.38. The zero-order chi connectivity index (χ0) is 13.9. The Morgan fingerprint density at radius 1 is 1.25 bits per heavy atom. The van der Waals surface area contributed by atoms with Gasteiger partial charge in [-0.15, -0.1) is 11.3 Å². The van der Waals surface area contributed by atoms with Gasteiger partial charge >= 0.3 is 0 Å². The molecule has 0 aliphatic heterocycles. The van der Waals surface area contributed by atoms with Crippen LogP contribution in [0.2, 0.25) is 0 Å². The highest BCUT2D eigenvalue weighted by molar-refractivity contribution is 9.10. The summed E-state index contributed by atoms with van der Waals surface area (Å²) in [5.41, 5.74) is 2.87. The minimum absolute atomic E-state index is 0.296. The molecule has 0 radical (unpaired) electrons. The second-order valence-electron chi connectivity index (χ2n) is 5.42. The van der Waals surface area contributed by atoms with Crippen molar-refractivity contribution in [3.63, 3.8) is 0 Å². The molecular weight excluding hydrogens is 330 g/mol. The van der Waals surface area contributed by atoms with Crippen LogP contribution in [0.25, 0.3) is 0 Å². The Kier molecular flexibility index (Phi) is 4.59. The molecule has 1 aromatic heterocycles. The highest BCUT2D eigenvalue weighted by Gasteiger charge is 2.21. The summed E-state index contributed by atoms with van der Waals surface area (Å²) in [6.45, 7) is 3.14. The van der Waals surface area contributed by atoms with Gasteiger partial charge in [-0.2, -0.15) is 0 Å². The summed E-state index contributed by atoms with van der Waals surface area (Å²) >= 11 is 5.47. The van der Waals surface area contributed by atoms with E-state index < -0.39 is 0 Å². The zero-order valence-corrected chi connectivity index (χ0v) is 14.1. The molecule has 0 amide bonds. The first kappa shape index (κ1) is 14.3. The Hall–Kier alpha value is -0.640. The lowest BCUT2D eigenvalue weighted by Gasteiger charge is -2.26. The third-order valence-electron chi connectivity index (χ3n) is 4.16. The standard InChI is InChI=1S/C17H20BrNS/c1-2-19-16(17-15(18)10-11-20-17)14-8-6-13(7-9-14)12-4-3-5-12/h6-12,16,19H,2-5H2,1H3. The van der Waals surface area contributed by atoms with Crippen LogP contribution in [0.1, 0.15) is 54.1 Å². The Morgan fingerprint density at radius 2 is 2.00 bits per heavy atom. The Morgan fingerprint density at radius 3 is 2.50 bits per heavy atom. The van der Waals surface area contributed by atoms with Gasteiger partial charge in [0, 0.05) is 9.35 Å². The fourth-order valence-electron chi connectivity index (χ4n) is 2.78. The molecule has 1 aliphatic carbocycles. The molecule has 1 N–H and O–H groups in total. The lowest BCUT2D eigenvalue weighted by molar-refractivity contribution is 0.419. The summed E-state index contributed by atoms with van der Waals surface area (Å²) in [5.74, 6) is 0.815. The number of thiophene rings is 1. The van der Waals surface area contributed by atoms with Gasteiger partial charge in [0.15, 0.2) is 0 Å². The first-order valence-corrected chi connectivity index (χ1v) is 9.03. The van der Waals surface area contributed by atoms with Crippen LogP contribution in [0.3, 0.4) is 0 Å². The maximum atomic E-state index is 3.66. The fourth-order valence-corrected chi connectivity index (χ4v) is 4.48. The van der Waals surface area contributed by atoms with Gasteiger partial charge in [0.05, 0.1) is 6.04 Å². The molecule has 20 heavy (non-hydrogen) atoms. The van der Waals surface area contributed by atoms with Crippen molar-refractivity contribution in [2.75, 3.05) is 6.54 Å². The van der Waals surface area contributed by atoms with Crippen LogP contribution in [-0.2, 0) is 0 Å². The van der Waals surface area contributed by atoms with Gasteiger partial charge in [-0.05, 0) is 63.8 Å². The maximum Gasteiger partial charge on any atom is 0.0682 e. The van der Waals surface area contributed by atoms with Gasteiger partial charge < -0.3 is 5.32 Å². The van der Waals surface area contributed by atoms with Crippen molar-refractivity contribution in [2.45, 2.75) is 38.1 Å². The second kappa shape index (κ2) is 6.42. The number of rotatable bonds is 5. The molecule has 1 aliphatic rings. The summed E-state index contributed by atoms with van der Waals surface area (Å²) in [6.07, 6.45) is 4.13. The molecule has 3 rings (SSSR count). The van der Waals surface area contributed by atoms with E-state index in [4.69, 9.17) is 0 Å². The predicted molar refractivity (Wildman–Crippen MR) is 90.6 cm³/mol. The summed E-state index contributed by atoms with van der Waals surface area (Å²) < 4.78 is 1.21. The smallest absolute Gasteiger partial charge is 0.0682 e. The van der Waals surface area contributed by atoms with Gasteiger partial charge in [0.1, 0.15) is 0 Å². The largest absolute Gasteiger partial charge is 0.306 e. The SMILES string of the molecule is CCNC(c1ccc(C2CCC2)cc1)c1sccc1Br. The van der Waals surface area contributed by atoms with E-state index in [1.165, 1.54) is 39.7 Å². The Bertz CT molecular complexity index is 557. The van der Waals surface area contributed by atoms with Crippen molar-refractivity contribution in [3.05, 3.63) is 56.2 Å². The molecule has 1 aromatic carbocycles. The van der Waals surface area contributed by atoms with Crippen LogP contribution >= 0.6 is 27.3 Å². The van der Waals surface area contributed by atoms with E-state index >= 15 is 0 Å². The summed E-state index contributed by atoms with van der Waals surface area (Å²) in [6, 6.07) is 11.7. The minimum Gasteiger partial charge on any atom is -0.306 e. The van der Waals surface area contributed by atoms with Crippen molar-refractivity contribution >= 4 is 27.3 Å². The third-order valence-corrected chi connectivity index (χ3v) is 6.10. The topological polar surface area (TPSA) is 12.0 Å². The molecule has 1 atom stereocenters. The summed E-state index contributed by atoms with van der Waals surface area (Å²) in [4.78, 5) is 1.36. The average molecular weight is 350 g/mol. The highest BCUT2D eigenvalue weighted by atomic mass is 79.9. The van der Waals surface area contributed by atoms with Crippen LogP contribution in [0.5, 0.6) is 0 Å². The molecule has 1 heterocycles. The van der Waals surface area contributed by atoms with E-state index in [1.807, 2.05) is 11.3 Å². The van der Waals surface area contributed by atoms with E-state index in [-0.39, 0.29) is 0 Å². The van der Waals surface area contributed by atoms with E-state index in [1.54, 1.807) is 0 Å². The molecule has 0 spiro atoms. The van der Waals surface area contributed by atoms with E-state index in [9.17, 15) is 0 Å². The lowest BCUT2D eigenvalue weighted by Crippen LogP contribution is -2.21. The maximum absolute atomic E-state index is 3.66. The van der Waals surface area contributed by atoms with Crippen LogP contribution in [0.15, 0.2) is 40.2 Å². The van der Waals surface area contributed by atoms with Gasteiger partial charge in [-0.25, -0.2) is 0 Å². The molecule has 2 aromatic rings. The lowest BCUT2D eigenvalue weighted by atomic mass is 9.80. The van der Waals surface area contributed by atoms with Gasteiger partial charge in [0.25, 0.3) is 0 Å². The van der Waals surface area contributed by atoms with Gasteiger partial charge in [-0.1, -0.05) is 37.6 Å². The molecule has 1 unspecified atom stereocenters. The van der Waals surface area contributed by atoms with Crippen molar-refractivity contribution < 1.29 is 0 Å². The normalized spacial score (nSPS) is 16.9. The first-order valence-electron chi connectivity index (χ1n) is 7.35. The third kappa shape index (κ3) is 2.85. The van der Waals surface area contributed by atoms with E-state index in [0.717, 1.165) is 12.5 Å². The second-order valence-corrected chi connectivity index (χ2v) is 7.22. The number of hydrogen-bond acceptors (Lipinski definition) is 2. The summed E-state index contributed by atoms with van der Waals surface area (Å²) in [5, 5.41) is 5.74. The Balaban J connectivity index is 1.85.